The number of nitriles is 1. The minimum Gasteiger partial charge on any atom is -0.497 e. The maximum Gasteiger partial charge on any atom is 0.262 e. The van der Waals surface area contributed by atoms with E-state index in [0.717, 1.165) is 22.0 Å². The predicted octanol–water partition coefficient (Wildman–Crippen LogP) is 3.40. The lowest BCUT2D eigenvalue weighted by atomic mass is 10.1. The molecule has 2 aromatic carbocycles. The number of nitrogens with zero attached hydrogens (tertiary/aromatic N) is 1. The van der Waals surface area contributed by atoms with Crippen LogP contribution in [0.25, 0.3) is 17.0 Å². The van der Waals surface area contributed by atoms with Crippen LogP contribution < -0.4 is 10.1 Å². The number of amides is 1. The number of nitrogens with one attached hydrogen (secondary N) is 2. The first kappa shape index (κ1) is 16.3. The molecule has 0 unspecified atom stereocenters. The molecule has 1 aromatic heterocycles. The van der Waals surface area contributed by atoms with Crippen LogP contribution in [0.4, 0.5) is 0 Å². The van der Waals surface area contributed by atoms with Gasteiger partial charge >= 0.3 is 0 Å². The van der Waals surface area contributed by atoms with Crippen molar-refractivity contribution in [3.63, 3.8) is 0 Å². The van der Waals surface area contributed by atoms with Gasteiger partial charge < -0.3 is 15.0 Å². The van der Waals surface area contributed by atoms with E-state index in [9.17, 15) is 10.1 Å². The number of hydrogen-bond donors (Lipinski definition) is 2. The van der Waals surface area contributed by atoms with Crippen molar-refractivity contribution in [1.82, 2.24) is 10.3 Å². The molecule has 0 saturated carbocycles. The summed E-state index contributed by atoms with van der Waals surface area (Å²) in [4.78, 5) is 15.4. The Kier molecular flexibility index (Phi) is 4.82. The Labute approximate surface area is 145 Å². The molecule has 0 fully saturated rings. The van der Waals surface area contributed by atoms with Gasteiger partial charge in [0.05, 0.1) is 7.11 Å². The topological polar surface area (TPSA) is 77.9 Å². The highest BCUT2D eigenvalue weighted by Crippen LogP contribution is 2.25. The molecule has 1 heterocycles. The number of carbonyl (C=O) groups is 1. The molecule has 1 amide bonds. The van der Waals surface area contributed by atoms with Crippen LogP contribution >= 0.6 is 0 Å². The number of benzene rings is 2. The average molecular weight is 331 g/mol. The summed E-state index contributed by atoms with van der Waals surface area (Å²) in [5.74, 6) is 0.317. The highest BCUT2D eigenvalue weighted by Gasteiger charge is 2.11. The van der Waals surface area contributed by atoms with Crippen LogP contribution in [0.1, 0.15) is 11.1 Å². The van der Waals surface area contributed by atoms with Gasteiger partial charge in [0.2, 0.25) is 0 Å². The lowest BCUT2D eigenvalue weighted by molar-refractivity contribution is -0.117. The van der Waals surface area contributed by atoms with Crippen LogP contribution in [-0.4, -0.2) is 18.0 Å². The first-order valence-electron chi connectivity index (χ1n) is 7.80. The summed E-state index contributed by atoms with van der Waals surface area (Å²) in [6.07, 6.45) is 3.35. The van der Waals surface area contributed by atoms with Crippen molar-refractivity contribution in [2.75, 3.05) is 7.11 Å². The maximum absolute atomic E-state index is 12.3. The molecule has 0 aliphatic rings. The van der Waals surface area contributed by atoms with Gasteiger partial charge in [-0.05, 0) is 29.8 Å². The SMILES string of the molecule is COc1ccc2[nH]cc(/C=C(/C#N)C(=O)NCc3ccccc3)c2c1. The van der Waals surface area contributed by atoms with Gasteiger partial charge in [0.25, 0.3) is 5.91 Å². The summed E-state index contributed by atoms with van der Waals surface area (Å²) in [5, 5.41) is 13.0. The number of hydrogen-bond acceptors (Lipinski definition) is 3. The maximum atomic E-state index is 12.3. The largest absolute Gasteiger partial charge is 0.497 e. The van der Waals surface area contributed by atoms with Crippen molar-refractivity contribution >= 4 is 22.9 Å². The Morgan fingerprint density at radius 1 is 1.28 bits per heavy atom. The zero-order valence-corrected chi connectivity index (χ0v) is 13.7. The van der Waals surface area contributed by atoms with Gasteiger partial charge in [0.15, 0.2) is 0 Å². The molecule has 5 nitrogen and oxygen atoms in total. The Balaban J connectivity index is 1.82. The fourth-order valence-corrected chi connectivity index (χ4v) is 2.55. The Morgan fingerprint density at radius 2 is 2.08 bits per heavy atom. The molecule has 2 N–H and O–H groups in total. The Morgan fingerprint density at radius 3 is 2.80 bits per heavy atom. The monoisotopic (exact) mass is 331 g/mol. The second kappa shape index (κ2) is 7.37. The van der Waals surface area contributed by atoms with Crippen molar-refractivity contribution in [2.45, 2.75) is 6.54 Å². The smallest absolute Gasteiger partial charge is 0.262 e. The van der Waals surface area contributed by atoms with E-state index in [1.54, 1.807) is 19.4 Å². The van der Waals surface area contributed by atoms with Crippen LogP contribution in [0.5, 0.6) is 5.75 Å². The van der Waals surface area contributed by atoms with Gasteiger partial charge in [-0.15, -0.1) is 0 Å². The van der Waals surface area contributed by atoms with E-state index in [2.05, 4.69) is 10.3 Å². The van der Waals surface area contributed by atoms with Crippen LogP contribution in [0.3, 0.4) is 0 Å². The zero-order chi connectivity index (χ0) is 17.6. The van der Waals surface area contributed by atoms with Gasteiger partial charge in [0.1, 0.15) is 17.4 Å². The number of fused-ring (bicyclic) bond motifs is 1. The van der Waals surface area contributed by atoms with Gasteiger partial charge in [0, 0.05) is 29.2 Å². The van der Waals surface area contributed by atoms with E-state index >= 15 is 0 Å². The first-order valence-corrected chi connectivity index (χ1v) is 7.80. The van der Waals surface area contributed by atoms with Gasteiger partial charge in [-0.1, -0.05) is 30.3 Å². The van der Waals surface area contributed by atoms with Crippen molar-refractivity contribution in [1.29, 1.82) is 5.26 Å². The Hall–Kier alpha value is -3.52. The van der Waals surface area contributed by atoms with Crippen LogP contribution in [-0.2, 0) is 11.3 Å². The Bertz CT molecular complexity index is 966. The highest BCUT2D eigenvalue weighted by atomic mass is 16.5. The number of rotatable bonds is 5. The third-order valence-electron chi connectivity index (χ3n) is 3.88. The summed E-state index contributed by atoms with van der Waals surface area (Å²) in [6, 6.07) is 17.2. The fourth-order valence-electron chi connectivity index (χ4n) is 2.55. The number of methoxy groups -OCH3 is 1. The summed E-state index contributed by atoms with van der Waals surface area (Å²) in [6.45, 7) is 0.375. The van der Waals surface area contributed by atoms with Crippen molar-refractivity contribution in [3.05, 3.63) is 71.4 Å². The second-order valence-corrected chi connectivity index (χ2v) is 5.49. The summed E-state index contributed by atoms with van der Waals surface area (Å²) >= 11 is 0. The molecule has 0 spiro atoms. The molecule has 0 aliphatic carbocycles. The molecule has 3 aromatic rings. The molecular weight excluding hydrogens is 314 g/mol. The minimum atomic E-state index is -0.399. The molecule has 5 heteroatoms. The van der Waals surface area contributed by atoms with E-state index < -0.39 is 5.91 Å². The number of ether oxygens (including phenoxy) is 1. The van der Waals surface area contributed by atoms with Crippen molar-refractivity contribution < 1.29 is 9.53 Å². The zero-order valence-electron chi connectivity index (χ0n) is 13.7. The van der Waals surface area contributed by atoms with Gasteiger partial charge in [-0.3, -0.25) is 4.79 Å². The van der Waals surface area contributed by atoms with Crippen molar-refractivity contribution in [2.24, 2.45) is 0 Å². The molecule has 0 atom stereocenters. The molecule has 0 radical (unpaired) electrons. The molecular formula is C20H17N3O2. The standard InChI is InChI=1S/C20H17N3O2/c1-25-17-7-8-19-18(10-17)16(13-22-19)9-15(11-21)20(24)23-12-14-5-3-2-4-6-14/h2-10,13,22H,12H2,1H3,(H,23,24)/b15-9-. The number of aromatic nitrogens is 1. The second-order valence-electron chi connectivity index (χ2n) is 5.49. The van der Waals surface area contributed by atoms with E-state index in [-0.39, 0.29) is 5.57 Å². The van der Waals surface area contributed by atoms with Crippen LogP contribution in [0, 0.1) is 11.3 Å². The number of carbonyl (C=O) groups excluding carboxylic acids is 1. The summed E-state index contributed by atoms with van der Waals surface area (Å²) < 4.78 is 5.23. The van der Waals surface area contributed by atoms with E-state index in [0.29, 0.717) is 12.3 Å². The van der Waals surface area contributed by atoms with Gasteiger partial charge in [-0.25, -0.2) is 0 Å². The average Bonchev–Trinajstić information content (AvgIpc) is 3.06. The molecule has 0 aliphatic heterocycles. The lowest BCUT2D eigenvalue weighted by Gasteiger charge is -2.04. The van der Waals surface area contributed by atoms with E-state index in [4.69, 9.17) is 4.74 Å². The number of aromatic amines is 1. The number of H-pyrrole nitrogens is 1. The third-order valence-corrected chi connectivity index (χ3v) is 3.88. The van der Waals surface area contributed by atoms with E-state index in [1.165, 1.54) is 0 Å². The molecule has 0 saturated heterocycles. The molecule has 3 rings (SSSR count). The van der Waals surface area contributed by atoms with E-state index in [1.807, 2.05) is 54.6 Å². The third kappa shape index (κ3) is 3.70. The molecule has 124 valence electrons. The first-order chi connectivity index (χ1) is 12.2. The quantitative estimate of drug-likeness (QED) is 0.555. The minimum absolute atomic E-state index is 0.0552. The summed E-state index contributed by atoms with van der Waals surface area (Å²) in [7, 11) is 1.60. The lowest BCUT2D eigenvalue weighted by Crippen LogP contribution is -2.23. The van der Waals surface area contributed by atoms with Gasteiger partial charge in [-0.2, -0.15) is 5.26 Å². The predicted molar refractivity (Wildman–Crippen MR) is 96.7 cm³/mol. The van der Waals surface area contributed by atoms with Crippen LogP contribution in [0.15, 0.2) is 60.3 Å². The highest BCUT2D eigenvalue weighted by molar-refractivity contribution is 6.04. The van der Waals surface area contributed by atoms with Crippen LogP contribution in [0.2, 0.25) is 0 Å². The van der Waals surface area contributed by atoms with Crippen molar-refractivity contribution in [3.8, 4) is 11.8 Å². The summed E-state index contributed by atoms with van der Waals surface area (Å²) in [5.41, 5.74) is 2.71. The normalized spacial score (nSPS) is 11.1. The molecule has 0 bridgehead atoms. The fraction of sp³-hybridized carbons (Fsp3) is 0.100. The molecule has 25 heavy (non-hydrogen) atoms.